The highest BCUT2D eigenvalue weighted by molar-refractivity contribution is 8.14. The second kappa shape index (κ2) is 8.05. The number of aryl methyl sites for hydroxylation is 2. The first-order chi connectivity index (χ1) is 12.1. The number of aliphatic imine (C=N–C) groups is 1. The van der Waals surface area contributed by atoms with Crippen LogP contribution in [0, 0.1) is 13.8 Å². The van der Waals surface area contributed by atoms with Crippen molar-refractivity contribution < 1.29 is 14.3 Å². The Morgan fingerprint density at radius 3 is 2.92 bits per heavy atom. The SMILES string of the molecule is CCOC(=O)c1c(C)[nH]c(C)c1C1=NNC(=NCC2CCCO2)SC1. The largest absolute Gasteiger partial charge is 0.462 e. The highest BCUT2D eigenvalue weighted by atomic mass is 32.2. The van der Waals surface area contributed by atoms with E-state index in [-0.39, 0.29) is 12.1 Å². The van der Waals surface area contributed by atoms with Gasteiger partial charge in [-0.25, -0.2) is 4.79 Å². The Balaban J connectivity index is 1.75. The first-order valence-corrected chi connectivity index (χ1v) is 9.56. The second-order valence-electron chi connectivity index (χ2n) is 6.09. The third-order valence-corrected chi connectivity index (χ3v) is 5.15. The van der Waals surface area contributed by atoms with Gasteiger partial charge in [-0.1, -0.05) is 11.8 Å². The van der Waals surface area contributed by atoms with Crippen molar-refractivity contribution in [2.75, 3.05) is 25.5 Å². The summed E-state index contributed by atoms with van der Waals surface area (Å²) in [7, 11) is 0. The van der Waals surface area contributed by atoms with Gasteiger partial charge < -0.3 is 14.5 Å². The molecule has 2 aliphatic rings. The number of H-pyrrole nitrogens is 1. The van der Waals surface area contributed by atoms with Gasteiger partial charge in [-0.2, -0.15) is 5.10 Å². The van der Waals surface area contributed by atoms with Crippen molar-refractivity contribution in [1.82, 2.24) is 10.4 Å². The van der Waals surface area contributed by atoms with Crippen LogP contribution in [0.15, 0.2) is 10.1 Å². The van der Waals surface area contributed by atoms with E-state index in [4.69, 9.17) is 9.47 Å². The van der Waals surface area contributed by atoms with E-state index in [1.165, 1.54) is 0 Å². The third kappa shape index (κ3) is 4.07. The van der Waals surface area contributed by atoms with Crippen molar-refractivity contribution in [2.45, 2.75) is 39.7 Å². The normalized spacial score (nSPS) is 22.0. The molecule has 0 aromatic carbocycles. The Labute approximate surface area is 151 Å². The summed E-state index contributed by atoms with van der Waals surface area (Å²) in [6.45, 7) is 7.47. The Kier molecular flexibility index (Phi) is 5.80. The molecule has 136 valence electrons. The van der Waals surface area contributed by atoms with Gasteiger partial charge >= 0.3 is 5.97 Å². The van der Waals surface area contributed by atoms with Gasteiger partial charge in [-0.05, 0) is 33.6 Å². The zero-order valence-electron chi connectivity index (χ0n) is 14.8. The van der Waals surface area contributed by atoms with Crippen molar-refractivity contribution in [3.8, 4) is 0 Å². The molecule has 25 heavy (non-hydrogen) atoms. The summed E-state index contributed by atoms with van der Waals surface area (Å²) < 4.78 is 10.8. The number of carbonyl (C=O) groups is 1. The number of aromatic amines is 1. The third-order valence-electron chi connectivity index (χ3n) is 4.24. The van der Waals surface area contributed by atoms with Crippen LogP contribution in [0.5, 0.6) is 0 Å². The Morgan fingerprint density at radius 2 is 2.28 bits per heavy atom. The smallest absolute Gasteiger partial charge is 0.340 e. The van der Waals surface area contributed by atoms with Crippen molar-refractivity contribution in [1.29, 1.82) is 0 Å². The number of esters is 1. The Hall–Kier alpha value is -1.80. The number of aromatic nitrogens is 1. The Bertz CT molecular complexity index is 705. The maximum Gasteiger partial charge on any atom is 0.340 e. The van der Waals surface area contributed by atoms with Crippen LogP contribution in [-0.2, 0) is 9.47 Å². The summed E-state index contributed by atoms with van der Waals surface area (Å²) in [6.07, 6.45) is 2.41. The lowest BCUT2D eigenvalue weighted by atomic mass is 10.1. The fourth-order valence-electron chi connectivity index (χ4n) is 3.10. The zero-order valence-corrected chi connectivity index (χ0v) is 15.7. The van der Waals surface area contributed by atoms with Gasteiger partial charge in [0.1, 0.15) is 0 Å². The zero-order chi connectivity index (χ0) is 17.8. The van der Waals surface area contributed by atoms with E-state index in [1.807, 2.05) is 13.8 Å². The molecule has 0 spiro atoms. The van der Waals surface area contributed by atoms with Crippen LogP contribution < -0.4 is 5.43 Å². The molecule has 7 nitrogen and oxygen atoms in total. The maximum absolute atomic E-state index is 12.3. The summed E-state index contributed by atoms with van der Waals surface area (Å²) in [4.78, 5) is 20.1. The predicted molar refractivity (Wildman–Crippen MR) is 99.6 cm³/mol. The van der Waals surface area contributed by atoms with Gasteiger partial charge in [-0.3, -0.25) is 10.4 Å². The number of hydrogen-bond donors (Lipinski definition) is 2. The molecule has 0 aliphatic carbocycles. The predicted octanol–water partition coefficient (Wildman–Crippen LogP) is 2.38. The number of nitrogens with zero attached hydrogens (tertiary/aromatic N) is 2. The first kappa shape index (κ1) is 18.0. The molecule has 1 unspecified atom stereocenters. The minimum atomic E-state index is -0.315. The highest BCUT2D eigenvalue weighted by Gasteiger charge is 2.26. The summed E-state index contributed by atoms with van der Waals surface area (Å²) >= 11 is 1.59. The average molecular weight is 364 g/mol. The molecule has 1 saturated heterocycles. The van der Waals surface area contributed by atoms with Gasteiger partial charge in [0.15, 0.2) is 5.17 Å². The minimum absolute atomic E-state index is 0.227. The van der Waals surface area contributed by atoms with Gasteiger partial charge in [0.05, 0.1) is 30.5 Å². The minimum Gasteiger partial charge on any atom is -0.462 e. The monoisotopic (exact) mass is 364 g/mol. The molecule has 1 fully saturated rings. The number of ether oxygens (including phenoxy) is 2. The molecule has 1 aromatic rings. The molecule has 2 N–H and O–H groups in total. The summed E-state index contributed by atoms with van der Waals surface area (Å²) in [5.74, 6) is 0.340. The molecular weight excluding hydrogens is 340 g/mol. The van der Waals surface area contributed by atoms with Crippen molar-refractivity contribution >= 4 is 28.6 Å². The Morgan fingerprint density at radius 1 is 1.44 bits per heavy atom. The van der Waals surface area contributed by atoms with E-state index in [0.29, 0.717) is 24.5 Å². The number of thioether (sulfide) groups is 1. The lowest BCUT2D eigenvalue weighted by molar-refractivity contribution is 0.0525. The maximum atomic E-state index is 12.3. The molecule has 0 amide bonds. The summed E-state index contributed by atoms with van der Waals surface area (Å²) in [5.41, 5.74) is 6.95. The highest BCUT2D eigenvalue weighted by Crippen LogP contribution is 2.24. The van der Waals surface area contributed by atoms with E-state index in [1.54, 1.807) is 18.7 Å². The topological polar surface area (TPSA) is 88.1 Å². The van der Waals surface area contributed by atoms with E-state index in [0.717, 1.165) is 47.3 Å². The van der Waals surface area contributed by atoms with E-state index in [9.17, 15) is 4.79 Å². The molecule has 3 rings (SSSR count). The molecular formula is C17H24N4O3S. The van der Waals surface area contributed by atoms with Crippen LogP contribution in [0.25, 0.3) is 0 Å². The van der Waals surface area contributed by atoms with Crippen LogP contribution in [0.2, 0.25) is 0 Å². The van der Waals surface area contributed by atoms with Gasteiger partial charge in [0.2, 0.25) is 0 Å². The molecule has 0 radical (unpaired) electrons. The van der Waals surface area contributed by atoms with Crippen molar-refractivity contribution in [3.05, 3.63) is 22.5 Å². The van der Waals surface area contributed by atoms with Crippen LogP contribution in [0.3, 0.4) is 0 Å². The van der Waals surface area contributed by atoms with Crippen LogP contribution >= 0.6 is 11.8 Å². The molecule has 8 heteroatoms. The lowest BCUT2D eigenvalue weighted by Gasteiger charge is -2.16. The number of hydrogen-bond acceptors (Lipinski definition) is 6. The van der Waals surface area contributed by atoms with Crippen molar-refractivity contribution in [3.63, 3.8) is 0 Å². The number of amidine groups is 1. The summed E-state index contributed by atoms with van der Waals surface area (Å²) in [5, 5.41) is 5.24. The second-order valence-corrected chi connectivity index (χ2v) is 7.05. The fourth-order valence-corrected chi connectivity index (χ4v) is 3.86. The van der Waals surface area contributed by atoms with Crippen LogP contribution in [0.1, 0.15) is 47.1 Å². The standard InChI is InChI=1S/C17H24N4O3S/c1-4-23-16(22)15-11(3)19-10(2)14(15)13-9-25-17(21-20-13)18-8-12-6-5-7-24-12/h12,19H,4-9H2,1-3H3,(H,18,21). The number of carbonyl (C=O) groups excluding carboxylic acids is 1. The lowest BCUT2D eigenvalue weighted by Crippen LogP contribution is -2.27. The number of hydrazone groups is 1. The van der Waals surface area contributed by atoms with E-state index in [2.05, 4.69) is 20.5 Å². The van der Waals surface area contributed by atoms with Gasteiger partial charge in [0, 0.05) is 29.3 Å². The summed E-state index contributed by atoms with van der Waals surface area (Å²) in [6, 6.07) is 0. The molecule has 0 saturated carbocycles. The van der Waals surface area contributed by atoms with Crippen LogP contribution in [0.4, 0.5) is 0 Å². The molecule has 1 atom stereocenters. The first-order valence-electron chi connectivity index (χ1n) is 8.58. The molecule has 2 aliphatic heterocycles. The van der Waals surface area contributed by atoms with Crippen LogP contribution in [-0.4, -0.2) is 53.4 Å². The van der Waals surface area contributed by atoms with Gasteiger partial charge in [0.25, 0.3) is 0 Å². The fraction of sp³-hybridized carbons (Fsp3) is 0.588. The average Bonchev–Trinajstić information content (AvgIpc) is 3.21. The number of nitrogens with one attached hydrogen (secondary N) is 2. The molecule has 0 bridgehead atoms. The number of rotatable bonds is 5. The van der Waals surface area contributed by atoms with E-state index < -0.39 is 0 Å². The van der Waals surface area contributed by atoms with Crippen molar-refractivity contribution in [2.24, 2.45) is 10.1 Å². The van der Waals surface area contributed by atoms with E-state index >= 15 is 0 Å². The molecule has 1 aromatic heterocycles. The molecule has 3 heterocycles. The van der Waals surface area contributed by atoms with Gasteiger partial charge in [-0.15, -0.1) is 0 Å². The quantitative estimate of drug-likeness (QED) is 0.783.